The van der Waals surface area contributed by atoms with E-state index in [1.54, 1.807) is 7.11 Å². The number of benzene rings is 1. The molecule has 0 bridgehead atoms. The standard InChI is InChI=1S/C16H28N2O/c1-6-11-17-12-16(2,3)13-18(4)14-7-9-15(19-5)10-8-14/h7-10,17H,6,11-13H2,1-5H3. The van der Waals surface area contributed by atoms with E-state index in [0.29, 0.717) is 0 Å². The van der Waals surface area contributed by atoms with Gasteiger partial charge in [0.25, 0.3) is 0 Å². The molecule has 3 nitrogen and oxygen atoms in total. The van der Waals surface area contributed by atoms with Gasteiger partial charge in [-0.1, -0.05) is 20.8 Å². The highest BCUT2D eigenvalue weighted by Gasteiger charge is 2.19. The second-order valence-electron chi connectivity index (χ2n) is 5.90. The highest BCUT2D eigenvalue weighted by atomic mass is 16.5. The van der Waals surface area contributed by atoms with Crippen molar-refractivity contribution < 1.29 is 4.74 Å². The van der Waals surface area contributed by atoms with Crippen LogP contribution < -0.4 is 15.0 Å². The second-order valence-corrected chi connectivity index (χ2v) is 5.90. The molecule has 19 heavy (non-hydrogen) atoms. The van der Waals surface area contributed by atoms with Crippen LogP contribution in [-0.4, -0.2) is 33.8 Å². The van der Waals surface area contributed by atoms with Crippen LogP contribution in [0.25, 0.3) is 0 Å². The van der Waals surface area contributed by atoms with E-state index in [-0.39, 0.29) is 5.41 Å². The van der Waals surface area contributed by atoms with E-state index in [0.717, 1.165) is 25.4 Å². The molecule has 0 unspecified atom stereocenters. The number of anilines is 1. The van der Waals surface area contributed by atoms with Crippen LogP contribution in [0.4, 0.5) is 5.69 Å². The van der Waals surface area contributed by atoms with Gasteiger partial charge in [-0.05, 0) is 42.6 Å². The van der Waals surface area contributed by atoms with Crippen LogP contribution in [0.15, 0.2) is 24.3 Å². The minimum absolute atomic E-state index is 0.254. The molecule has 0 aromatic heterocycles. The molecule has 1 N–H and O–H groups in total. The maximum atomic E-state index is 5.19. The molecule has 108 valence electrons. The number of ether oxygens (including phenoxy) is 1. The van der Waals surface area contributed by atoms with Crippen molar-refractivity contribution in [1.29, 1.82) is 0 Å². The van der Waals surface area contributed by atoms with Crippen LogP contribution in [0.5, 0.6) is 5.75 Å². The van der Waals surface area contributed by atoms with Gasteiger partial charge in [0.2, 0.25) is 0 Å². The first kappa shape index (κ1) is 15.8. The Morgan fingerprint density at radius 3 is 2.37 bits per heavy atom. The van der Waals surface area contributed by atoms with Gasteiger partial charge in [0.15, 0.2) is 0 Å². The number of hydrogen-bond donors (Lipinski definition) is 1. The average Bonchev–Trinajstić information content (AvgIpc) is 2.38. The molecule has 0 radical (unpaired) electrons. The number of nitrogens with one attached hydrogen (secondary N) is 1. The van der Waals surface area contributed by atoms with Crippen LogP contribution in [0.2, 0.25) is 0 Å². The monoisotopic (exact) mass is 264 g/mol. The molecular weight excluding hydrogens is 236 g/mol. The van der Waals surface area contributed by atoms with Gasteiger partial charge in [-0.25, -0.2) is 0 Å². The maximum Gasteiger partial charge on any atom is 0.119 e. The van der Waals surface area contributed by atoms with Crippen molar-refractivity contribution in [3.05, 3.63) is 24.3 Å². The largest absolute Gasteiger partial charge is 0.497 e. The summed E-state index contributed by atoms with van der Waals surface area (Å²) in [7, 11) is 3.84. The SMILES string of the molecule is CCCNCC(C)(C)CN(C)c1ccc(OC)cc1. The molecule has 0 saturated heterocycles. The average molecular weight is 264 g/mol. The Bertz CT molecular complexity index is 360. The molecule has 0 amide bonds. The van der Waals surface area contributed by atoms with Crippen LogP contribution >= 0.6 is 0 Å². The lowest BCUT2D eigenvalue weighted by Crippen LogP contribution is -2.39. The number of nitrogens with zero attached hydrogens (tertiary/aromatic N) is 1. The molecular formula is C16H28N2O. The van der Waals surface area contributed by atoms with E-state index in [4.69, 9.17) is 4.74 Å². The lowest BCUT2D eigenvalue weighted by molar-refractivity contribution is 0.347. The smallest absolute Gasteiger partial charge is 0.119 e. The third kappa shape index (κ3) is 5.52. The molecule has 3 heteroatoms. The topological polar surface area (TPSA) is 24.5 Å². The Balaban J connectivity index is 2.54. The summed E-state index contributed by atoms with van der Waals surface area (Å²) in [5.41, 5.74) is 1.48. The fourth-order valence-corrected chi connectivity index (χ4v) is 2.23. The van der Waals surface area contributed by atoms with E-state index in [1.807, 2.05) is 12.1 Å². The van der Waals surface area contributed by atoms with Gasteiger partial charge in [-0.3, -0.25) is 0 Å². The van der Waals surface area contributed by atoms with Crippen molar-refractivity contribution in [1.82, 2.24) is 5.32 Å². The zero-order valence-corrected chi connectivity index (χ0v) is 13.0. The fourth-order valence-electron chi connectivity index (χ4n) is 2.23. The lowest BCUT2D eigenvalue weighted by Gasteiger charge is -2.32. The minimum Gasteiger partial charge on any atom is -0.497 e. The normalized spacial score (nSPS) is 11.4. The molecule has 0 atom stereocenters. The zero-order valence-electron chi connectivity index (χ0n) is 13.0. The van der Waals surface area contributed by atoms with Crippen molar-refractivity contribution >= 4 is 5.69 Å². The summed E-state index contributed by atoms with van der Waals surface area (Å²) in [4.78, 5) is 2.30. The maximum absolute atomic E-state index is 5.19. The van der Waals surface area contributed by atoms with Crippen molar-refractivity contribution in [2.45, 2.75) is 27.2 Å². The summed E-state index contributed by atoms with van der Waals surface area (Å²) in [5, 5.41) is 3.50. The molecule has 1 rings (SSSR count). The van der Waals surface area contributed by atoms with E-state index < -0.39 is 0 Å². The first-order chi connectivity index (χ1) is 8.98. The number of methoxy groups -OCH3 is 1. The molecule has 1 aromatic carbocycles. The Morgan fingerprint density at radius 1 is 1.21 bits per heavy atom. The van der Waals surface area contributed by atoms with E-state index >= 15 is 0 Å². The Kier molecular flexibility index (Phi) is 6.16. The van der Waals surface area contributed by atoms with E-state index in [2.05, 4.69) is 50.2 Å². The van der Waals surface area contributed by atoms with E-state index in [9.17, 15) is 0 Å². The van der Waals surface area contributed by atoms with Gasteiger partial charge in [0.05, 0.1) is 7.11 Å². The van der Waals surface area contributed by atoms with Crippen molar-refractivity contribution in [3.63, 3.8) is 0 Å². The first-order valence-electron chi connectivity index (χ1n) is 7.04. The Morgan fingerprint density at radius 2 is 1.84 bits per heavy atom. The lowest BCUT2D eigenvalue weighted by atomic mass is 9.92. The van der Waals surface area contributed by atoms with Gasteiger partial charge >= 0.3 is 0 Å². The van der Waals surface area contributed by atoms with Crippen LogP contribution in [0, 0.1) is 5.41 Å². The van der Waals surface area contributed by atoms with Crippen molar-refractivity contribution in [3.8, 4) is 5.75 Å². The number of hydrogen-bond acceptors (Lipinski definition) is 3. The fraction of sp³-hybridized carbons (Fsp3) is 0.625. The molecule has 0 fully saturated rings. The van der Waals surface area contributed by atoms with Gasteiger partial charge < -0.3 is 15.0 Å². The van der Waals surface area contributed by atoms with Crippen LogP contribution in [0.1, 0.15) is 27.2 Å². The predicted octanol–water partition coefficient (Wildman–Crippen LogP) is 3.16. The third-order valence-electron chi connectivity index (χ3n) is 3.21. The summed E-state index contributed by atoms with van der Waals surface area (Å²) in [6.45, 7) is 9.96. The summed E-state index contributed by atoms with van der Waals surface area (Å²) in [6.07, 6.45) is 1.18. The molecule has 1 aromatic rings. The van der Waals surface area contributed by atoms with Crippen molar-refractivity contribution in [2.24, 2.45) is 5.41 Å². The molecule has 0 aliphatic heterocycles. The molecule has 0 spiro atoms. The molecule has 0 aliphatic carbocycles. The van der Waals surface area contributed by atoms with Gasteiger partial charge in [0.1, 0.15) is 5.75 Å². The van der Waals surface area contributed by atoms with Crippen LogP contribution in [0.3, 0.4) is 0 Å². The second kappa shape index (κ2) is 7.39. The zero-order chi connectivity index (χ0) is 14.3. The highest BCUT2D eigenvalue weighted by molar-refractivity contribution is 5.48. The first-order valence-corrected chi connectivity index (χ1v) is 7.04. The van der Waals surface area contributed by atoms with Crippen molar-refractivity contribution in [2.75, 3.05) is 38.7 Å². The minimum atomic E-state index is 0.254. The Hall–Kier alpha value is -1.22. The summed E-state index contributed by atoms with van der Waals surface area (Å²) in [5.74, 6) is 0.904. The molecule has 0 aliphatic rings. The molecule has 0 saturated carbocycles. The van der Waals surface area contributed by atoms with E-state index in [1.165, 1.54) is 12.1 Å². The van der Waals surface area contributed by atoms with Crippen LogP contribution in [-0.2, 0) is 0 Å². The van der Waals surface area contributed by atoms with Gasteiger partial charge in [0, 0.05) is 25.8 Å². The summed E-state index contributed by atoms with van der Waals surface area (Å²) < 4.78 is 5.19. The molecule has 0 heterocycles. The number of rotatable bonds is 8. The Labute approximate surface area is 118 Å². The van der Waals surface area contributed by atoms with Gasteiger partial charge in [-0.15, -0.1) is 0 Å². The quantitative estimate of drug-likeness (QED) is 0.730. The highest BCUT2D eigenvalue weighted by Crippen LogP contribution is 2.22. The summed E-state index contributed by atoms with van der Waals surface area (Å²) in [6, 6.07) is 8.23. The van der Waals surface area contributed by atoms with Gasteiger partial charge in [-0.2, -0.15) is 0 Å². The summed E-state index contributed by atoms with van der Waals surface area (Å²) >= 11 is 0. The predicted molar refractivity (Wildman–Crippen MR) is 83.2 cm³/mol. The third-order valence-corrected chi connectivity index (χ3v) is 3.21.